The van der Waals surface area contributed by atoms with Crippen LogP contribution >= 0.6 is 0 Å². The molecule has 6 atom stereocenters. The number of rotatable bonds is 3. The van der Waals surface area contributed by atoms with E-state index in [2.05, 4.69) is 46.8 Å². The van der Waals surface area contributed by atoms with E-state index in [0.29, 0.717) is 37.7 Å². The highest BCUT2D eigenvalue weighted by atomic mass is 16.3. The van der Waals surface area contributed by atoms with Gasteiger partial charge < -0.3 is 14.9 Å². The fourth-order valence-corrected chi connectivity index (χ4v) is 11.0. The minimum Gasteiger partial charge on any atom is -0.504 e. The number of carbonyl (C=O) groups excluding carboxylic acids is 3. The lowest BCUT2D eigenvalue weighted by atomic mass is 9.34. The normalized spacial score (nSPS) is 37.9. The monoisotopic (exact) mass is 648 g/mol. The fraction of sp³-hybridized carbons (Fsp3) is 0.548. The van der Waals surface area contributed by atoms with Gasteiger partial charge in [-0.15, -0.1) is 0 Å². The topological polar surface area (TPSA) is 77.9 Å². The van der Waals surface area contributed by atoms with Crippen molar-refractivity contribution in [1.82, 2.24) is 9.80 Å². The van der Waals surface area contributed by atoms with Crippen LogP contribution in [0, 0.1) is 33.0 Å². The van der Waals surface area contributed by atoms with Gasteiger partial charge in [-0.1, -0.05) is 82.7 Å². The smallest absolute Gasteiger partial charge is 0.246 e. The standard InChI is InChI=1S/C42H52N2O4/c1-28-30-13-14-33-40(4,31(30)26-32(45)36(28)47)19-21-42(6)34-27-39(3,17-16-38(34,2)18-20-41(33,42)5)37(48)44-24-22-43(23-25-44)35(46)15-12-29-10-8-7-9-11-29/h7-15,26,34,47H,16-25,27H2,1-6H3/b15-12+/t34-,38-,39-,40+,41-,42+/m1/s1. The maximum absolute atomic E-state index is 14.4. The number of aliphatic hydroxyl groups excluding tert-OH is 1. The molecule has 1 heterocycles. The number of ketones is 1. The van der Waals surface area contributed by atoms with E-state index in [0.717, 1.165) is 61.7 Å². The molecule has 1 saturated heterocycles. The number of hydrogen-bond acceptors (Lipinski definition) is 4. The molecule has 3 saturated carbocycles. The second kappa shape index (κ2) is 11.2. The maximum atomic E-state index is 14.4. The summed E-state index contributed by atoms with van der Waals surface area (Å²) in [5.74, 6) is 0.225. The van der Waals surface area contributed by atoms with Crippen LogP contribution in [0.2, 0.25) is 0 Å². The van der Waals surface area contributed by atoms with Gasteiger partial charge in [0, 0.05) is 48.7 Å². The lowest BCUT2D eigenvalue weighted by Crippen LogP contribution is -2.63. The molecule has 1 aliphatic heterocycles. The molecule has 48 heavy (non-hydrogen) atoms. The summed E-state index contributed by atoms with van der Waals surface area (Å²) in [6.45, 7) is 16.1. The zero-order chi connectivity index (χ0) is 34.3. The van der Waals surface area contributed by atoms with Crippen molar-refractivity contribution < 1.29 is 19.5 Å². The summed E-state index contributed by atoms with van der Waals surface area (Å²) in [6.07, 6.45) is 16.7. The van der Waals surface area contributed by atoms with Crippen LogP contribution in [-0.2, 0) is 14.4 Å². The fourth-order valence-electron chi connectivity index (χ4n) is 11.0. The predicted octanol–water partition coefficient (Wildman–Crippen LogP) is 8.00. The van der Waals surface area contributed by atoms with E-state index < -0.39 is 5.41 Å². The van der Waals surface area contributed by atoms with Gasteiger partial charge in [0.25, 0.3) is 0 Å². The minimum atomic E-state index is -0.433. The van der Waals surface area contributed by atoms with Crippen LogP contribution < -0.4 is 0 Å². The Kier molecular flexibility index (Phi) is 7.65. The summed E-state index contributed by atoms with van der Waals surface area (Å²) < 4.78 is 0. The molecule has 0 aromatic heterocycles. The predicted molar refractivity (Wildman–Crippen MR) is 190 cm³/mol. The lowest BCUT2D eigenvalue weighted by molar-refractivity contribution is -0.175. The molecule has 4 fully saturated rings. The van der Waals surface area contributed by atoms with Crippen molar-refractivity contribution in [2.75, 3.05) is 26.2 Å². The Labute approximate surface area is 286 Å². The van der Waals surface area contributed by atoms with Crippen molar-refractivity contribution in [3.63, 3.8) is 0 Å². The molecule has 6 nitrogen and oxygen atoms in total. The zero-order valence-corrected chi connectivity index (χ0v) is 29.7. The molecule has 1 N–H and O–H groups in total. The average molecular weight is 649 g/mol. The first kappa shape index (κ1) is 32.9. The van der Waals surface area contributed by atoms with Crippen molar-refractivity contribution in [3.05, 3.63) is 88.3 Å². The van der Waals surface area contributed by atoms with Crippen LogP contribution in [0.25, 0.3) is 6.08 Å². The lowest BCUT2D eigenvalue weighted by Gasteiger charge is -2.70. The molecule has 0 unspecified atom stereocenters. The number of hydrogen-bond donors (Lipinski definition) is 1. The van der Waals surface area contributed by atoms with E-state index in [1.807, 2.05) is 53.1 Å². The summed E-state index contributed by atoms with van der Waals surface area (Å²) in [4.78, 5) is 44.1. The Bertz CT molecular complexity index is 1720. The number of nitrogens with zero attached hydrogens (tertiary/aromatic N) is 2. The minimum absolute atomic E-state index is 0.000339. The molecule has 7 rings (SSSR count). The van der Waals surface area contributed by atoms with Crippen LogP contribution in [0.15, 0.2) is 82.7 Å². The van der Waals surface area contributed by atoms with Crippen molar-refractivity contribution >= 4 is 23.7 Å². The second-order valence-corrected chi connectivity index (χ2v) is 17.0. The Balaban J connectivity index is 1.11. The molecule has 1 aromatic rings. The van der Waals surface area contributed by atoms with Crippen molar-refractivity contribution in [2.24, 2.45) is 33.0 Å². The zero-order valence-electron chi connectivity index (χ0n) is 29.7. The van der Waals surface area contributed by atoms with Crippen molar-refractivity contribution in [3.8, 4) is 0 Å². The first-order valence-electron chi connectivity index (χ1n) is 18.1. The Morgan fingerprint density at radius 1 is 0.854 bits per heavy atom. The Hall–Kier alpha value is -3.67. The summed E-state index contributed by atoms with van der Waals surface area (Å²) >= 11 is 0. The number of aliphatic hydroxyl groups is 1. The Morgan fingerprint density at radius 2 is 1.52 bits per heavy atom. The van der Waals surface area contributed by atoms with E-state index >= 15 is 0 Å². The van der Waals surface area contributed by atoms with E-state index in [9.17, 15) is 19.5 Å². The van der Waals surface area contributed by atoms with Crippen LogP contribution in [0.4, 0.5) is 0 Å². The third-order valence-corrected chi connectivity index (χ3v) is 14.5. The highest BCUT2D eigenvalue weighted by molar-refractivity contribution is 6.06. The van der Waals surface area contributed by atoms with Gasteiger partial charge >= 0.3 is 0 Å². The number of fused-ring (bicyclic) bond motifs is 7. The van der Waals surface area contributed by atoms with E-state index in [-0.39, 0.29) is 45.0 Å². The quantitative estimate of drug-likeness (QED) is 0.337. The van der Waals surface area contributed by atoms with Gasteiger partial charge in [0.15, 0.2) is 5.76 Å². The molecule has 2 amide bonds. The number of allylic oxidation sites excluding steroid dienone is 7. The van der Waals surface area contributed by atoms with Gasteiger partial charge in [-0.25, -0.2) is 0 Å². The SMILES string of the molecule is CC1=C(O)C(=O)C=C2C1=CC=C1[C@@]2(C)CC[C@@]2(C)[C@@H]3C[C@](C)(C(=O)N4CCN(C(=O)/C=C/c5ccccc5)CC4)CC[C@]3(C)CC[C@]12C. The van der Waals surface area contributed by atoms with Crippen molar-refractivity contribution in [2.45, 2.75) is 86.5 Å². The molecule has 0 spiro atoms. The largest absolute Gasteiger partial charge is 0.504 e. The number of carbonyl (C=O) groups is 3. The van der Waals surface area contributed by atoms with Crippen LogP contribution in [0.1, 0.15) is 92.1 Å². The van der Waals surface area contributed by atoms with Gasteiger partial charge in [0.2, 0.25) is 17.6 Å². The molecule has 5 aliphatic carbocycles. The second-order valence-electron chi connectivity index (χ2n) is 17.0. The molecule has 0 bridgehead atoms. The van der Waals surface area contributed by atoms with Gasteiger partial charge in [0.05, 0.1) is 0 Å². The average Bonchev–Trinajstić information content (AvgIpc) is 3.08. The van der Waals surface area contributed by atoms with Gasteiger partial charge in [0.1, 0.15) is 0 Å². The van der Waals surface area contributed by atoms with E-state index in [1.165, 1.54) is 5.57 Å². The molecular weight excluding hydrogens is 596 g/mol. The first-order chi connectivity index (χ1) is 22.7. The van der Waals surface area contributed by atoms with Crippen molar-refractivity contribution in [1.29, 1.82) is 0 Å². The molecule has 6 aliphatic rings. The summed E-state index contributed by atoms with van der Waals surface area (Å²) in [5.41, 5.74) is 4.57. The van der Waals surface area contributed by atoms with E-state index in [1.54, 1.807) is 12.2 Å². The van der Waals surface area contributed by atoms with Crippen LogP contribution in [-0.4, -0.2) is 58.7 Å². The highest BCUT2D eigenvalue weighted by Gasteiger charge is 2.67. The number of benzene rings is 1. The maximum Gasteiger partial charge on any atom is 0.246 e. The number of piperazine rings is 1. The van der Waals surface area contributed by atoms with E-state index in [4.69, 9.17) is 0 Å². The molecule has 0 radical (unpaired) electrons. The first-order valence-corrected chi connectivity index (χ1v) is 18.1. The highest BCUT2D eigenvalue weighted by Crippen LogP contribution is 2.75. The third-order valence-electron chi connectivity index (χ3n) is 14.5. The van der Waals surface area contributed by atoms with Gasteiger partial charge in [-0.3, -0.25) is 14.4 Å². The summed E-state index contributed by atoms with van der Waals surface area (Å²) in [6, 6.07) is 9.86. The number of amides is 2. The summed E-state index contributed by atoms with van der Waals surface area (Å²) in [5, 5.41) is 10.5. The molecular formula is C42H52N2O4. The van der Waals surface area contributed by atoms with Gasteiger partial charge in [-0.2, -0.15) is 0 Å². The Morgan fingerprint density at radius 3 is 2.23 bits per heavy atom. The molecule has 254 valence electrons. The third kappa shape index (κ3) is 4.75. The van der Waals surface area contributed by atoms with Gasteiger partial charge in [-0.05, 0) is 103 Å². The summed E-state index contributed by atoms with van der Waals surface area (Å²) in [7, 11) is 0. The van der Waals surface area contributed by atoms with Crippen LogP contribution in [0.5, 0.6) is 0 Å². The molecule has 6 heteroatoms. The molecule has 1 aromatic carbocycles. The van der Waals surface area contributed by atoms with Crippen LogP contribution in [0.3, 0.4) is 0 Å².